The Morgan fingerprint density at radius 3 is 2.57 bits per heavy atom. The maximum absolute atomic E-state index is 12.5. The number of carbonyl (C=O) groups excluding carboxylic acids is 1. The Bertz CT molecular complexity index is 978. The van der Waals surface area contributed by atoms with Crippen molar-refractivity contribution in [1.29, 1.82) is 0 Å². The zero-order chi connectivity index (χ0) is 20.1. The number of benzene rings is 1. The zero-order valence-corrected chi connectivity index (χ0v) is 15.6. The molecule has 8 heteroatoms. The average molecular weight is 387 g/mol. The first kappa shape index (κ1) is 19.9. The maximum Gasteiger partial charge on any atom is 0.328 e. The first-order chi connectivity index (χ1) is 13.5. The number of para-hydroxylation sites is 1. The highest BCUT2D eigenvalue weighted by atomic mass is 16.4. The van der Waals surface area contributed by atoms with Crippen LogP contribution in [-0.2, 0) is 16.1 Å². The fourth-order valence-corrected chi connectivity index (χ4v) is 3.91. The lowest BCUT2D eigenvalue weighted by atomic mass is 9.86. The van der Waals surface area contributed by atoms with Gasteiger partial charge in [-0.05, 0) is 25.0 Å². The van der Waals surface area contributed by atoms with Gasteiger partial charge in [0.05, 0.1) is 16.8 Å². The van der Waals surface area contributed by atoms with Crippen molar-refractivity contribution in [3.63, 3.8) is 0 Å². The number of nitrogens with one attached hydrogen (secondary N) is 2. The van der Waals surface area contributed by atoms with Gasteiger partial charge < -0.3 is 10.4 Å². The predicted molar refractivity (Wildman–Crippen MR) is 104 cm³/mol. The number of aromatic nitrogens is 2. The Balaban J connectivity index is 1.72. The smallest absolute Gasteiger partial charge is 0.328 e. The number of aryl methyl sites for hydroxylation is 1. The predicted octanol–water partition coefficient (Wildman–Crippen LogP) is 1.62. The summed E-state index contributed by atoms with van der Waals surface area (Å²) < 4.78 is 1.36. The van der Waals surface area contributed by atoms with Gasteiger partial charge in [-0.2, -0.15) is 0 Å². The molecule has 0 radical (unpaired) electrons. The zero-order valence-electron chi connectivity index (χ0n) is 15.6. The molecule has 2 aromatic rings. The number of hydrogen-bond acceptors (Lipinski definition) is 4. The molecule has 1 heterocycles. The number of carbonyl (C=O) groups is 2. The molecule has 2 atom stereocenters. The van der Waals surface area contributed by atoms with Gasteiger partial charge in [0.15, 0.2) is 0 Å². The normalized spacial score (nSPS) is 20.3. The Labute approximate surface area is 161 Å². The maximum atomic E-state index is 12.5. The van der Waals surface area contributed by atoms with Crippen LogP contribution in [0.4, 0.5) is 0 Å². The summed E-state index contributed by atoms with van der Waals surface area (Å²) in [4.78, 5) is 50.4. The van der Waals surface area contributed by atoms with E-state index in [4.69, 9.17) is 0 Å². The molecule has 0 spiro atoms. The molecule has 0 bridgehead atoms. The highest BCUT2D eigenvalue weighted by Gasteiger charge is 2.29. The number of carboxylic acid groups (broad SMARTS) is 1. The van der Waals surface area contributed by atoms with Crippen LogP contribution >= 0.6 is 0 Å². The quantitative estimate of drug-likeness (QED) is 0.720. The van der Waals surface area contributed by atoms with Crippen molar-refractivity contribution >= 4 is 22.8 Å². The molecule has 1 aromatic heterocycles. The van der Waals surface area contributed by atoms with Crippen molar-refractivity contribution in [2.75, 3.05) is 0 Å². The third kappa shape index (κ3) is 4.49. The summed E-state index contributed by atoms with van der Waals surface area (Å²) in [5, 5.41) is 12.7. The molecule has 1 saturated carbocycles. The number of carboxylic acids is 1. The van der Waals surface area contributed by atoms with E-state index in [1.54, 1.807) is 24.3 Å². The van der Waals surface area contributed by atoms with Gasteiger partial charge >= 0.3 is 11.7 Å². The molecule has 1 fully saturated rings. The standard InChI is InChI=1S/C20H25N3O5/c24-17(21-15-9-4-2-1-3-7-13(15)19(26)27)11-12-23-16-10-6-5-8-14(16)18(25)22-20(23)28/h5-6,8,10,13,15H,1-4,7,9,11-12H2,(H,21,24)(H,26,27)(H,22,25,28). The lowest BCUT2D eigenvalue weighted by Gasteiger charge is -2.27. The Morgan fingerprint density at radius 1 is 1.11 bits per heavy atom. The first-order valence-electron chi connectivity index (χ1n) is 9.71. The molecule has 2 unspecified atom stereocenters. The fraction of sp³-hybridized carbons (Fsp3) is 0.500. The molecule has 3 N–H and O–H groups in total. The van der Waals surface area contributed by atoms with Crippen LogP contribution in [-0.4, -0.2) is 32.6 Å². The second-order valence-corrected chi connectivity index (χ2v) is 7.29. The van der Waals surface area contributed by atoms with Crippen molar-refractivity contribution in [3.05, 3.63) is 45.1 Å². The number of hydrogen-bond donors (Lipinski definition) is 3. The SMILES string of the molecule is O=C(CCn1c(=O)[nH]c(=O)c2ccccc21)NC1CCCCCCC1C(=O)O. The Kier molecular flexibility index (Phi) is 6.28. The third-order valence-corrected chi connectivity index (χ3v) is 5.40. The van der Waals surface area contributed by atoms with Crippen molar-refractivity contribution < 1.29 is 14.7 Å². The second-order valence-electron chi connectivity index (χ2n) is 7.29. The van der Waals surface area contributed by atoms with Crippen LogP contribution in [0.1, 0.15) is 44.9 Å². The monoisotopic (exact) mass is 387 g/mol. The van der Waals surface area contributed by atoms with Crippen LogP contribution in [0.2, 0.25) is 0 Å². The lowest BCUT2D eigenvalue weighted by Crippen LogP contribution is -2.44. The van der Waals surface area contributed by atoms with E-state index in [2.05, 4.69) is 10.3 Å². The molecule has 0 saturated heterocycles. The van der Waals surface area contributed by atoms with Gasteiger partial charge in [-0.25, -0.2) is 4.79 Å². The molecule has 28 heavy (non-hydrogen) atoms. The van der Waals surface area contributed by atoms with Crippen molar-refractivity contribution in [3.8, 4) is 0 Å². The minimum absolute atomic E-state index is 0.0266. The summed E-state index contributed by atoms with van der Waals surface area (Å²) in [6.07, 6.45) is 5.03. The topological polar surface area (TPSA) is 121 Å². The van der Waals surface area contributed by atoms with Gasteiger partial charge in [-0.1, -0.05) is 37.8 Å². The largest absolute Gasteiger partial charge is 0.481 e. The molecular weight excluding hydrogens is 362 g/mol. The molecule has 1 aromatic carbocycles. The highest BCUT2D eigenvalue weighted by Crippen LogP contribution is 2.23. The Morgan fingerprint density at radius 2 is 1.82 bits per heavy atom. The summed E-state index contributed by atoms with van der Waals surface area (Å²) in [6.45, 7) is 0.104. The molecule has 8 nitrogen and oxygen atoms in total. The number of H-pyrrole nitrogens is 1. The fourth-order valence-electron chi connectivity index (χ4n) is 3.91. The van der Waals surface area contributed by atoms with E-state index in [0.717, 1.165) is 25.7 Å². The lowest BCUT2D eigenvalue weighted by molar-refractivity contribution is -0.143. The van der Waals surface area contributed by atoms with Crippen LogP contribution in [0, 0.1) is 5.92 Å². The summed E-state index contributed by atoms with van der Waals surface area (Å²) in [7, 11) is 0. The van der Waals surface area contributed by atoms with Crippen LogP contribution < -0.4 is 16.6 Å². The van der Waals surface area contributed by atoms with Crippen molar-refractivity contribution in [1.82, 2.24) is 14.9 Å². The van der Waals surface area contributed by atoms with E-state index in [1.807, 2.05) is 0 Å². The second kappa shape index (κ2) is 8.86. The summed E-state index contributed by atoms with van der Waals surface area (Å²) in [5.74, 6) is -1.75. The minimum atomic E-state index is -0.880. The van der Waals surface area contributed by atoms with E-state index < -0.39 is 29.2 Å². The summed E-state index contributed by atoms with van der Waals surface area (Å²) in [5.41, 5.74) is -0.551. The Hall–Kier alpha value is -2.90. The van der Waals surface area contributed by atoms with Gasteiger partial charge in [0.1, 0.15) is 0 Å². The molecule has 1 aliphatic carbocycles. The van der Waals surface area contributed by atoms with Gasteiger partial charge in [0.2, 0.25) is 5.91 Å². The molecule has 1 amide bonds. The van der Waals surface area contributed by atoms with Crippen LogP contribution in [0.25, 0.3) is 10.9 Å². The molecule has 3 rings (SSSR count). The number of fused-ring (bicyclic) bond motifs is 1. The molecule has 0 aliphatic heterocycles. The van der Waals surface area contributed by atoms with Crippen molar-refractivity contribution in [2.45, 2.75) is 57.5 Å². The first-order valence-corrected chi connectivity index (χ1v) is 9.71. The van der Waals surface area contributed by atoms with E-state index >= 15 is 0 Å². The summed E-state index contributed by atoms with van der Waals surface area (Å²) >= 11 is 0. The molecule has 150 valence electrons. The number of aliphatic carboxylic acids is 1. The van der Waals surface area contributed by atoms with Gasteiger partial charge in [-0.15, -0.1) is 0 Å². The van der Waals surface area contributed by atoms with E-state index in [1.165, 1.54) is 4.57 Å². The van der Waals surface area contributed by atoms with Gasteiger partial charge in [0.25, 0.3) is 5.56 Å². The number of rotatable bonds is 5. The van der Waals surface area contributed by atoms with Crippen molar-refractivity contribution in [2.24, 2.45) is 5.92 Å². The number of amides is 1. The summed E-state index contributed by atoms with van der Waals surface area (Å²) in [6, 6.07) is 6.33. The van der Waals surface area contributed by atoms with Crippen LogP contribution in [0.15, 0.2) is 33.9 Å². The van der Waals surface area contributed by atoms with E-state index in [9.17, 15) is 24.3 Å². The van der Waals surface area contributed by atoms with Crippen LogP contribution in [0.5, 0.6) is 0 Å². The molecule has 1 aliphatic rings. The number of aromatic amines is 1. The van der Waals surface area contributed by atoms with Gasteiger partial charge in [0, 0.05) is 19.0 Å². The third-order valence-electron chi connectivity index (χ3n) is 5.40. The van der Waals surface area contributed by atoms with Gasteiger partial charge in [-0.3, -0.25) is 23.9 Å². The minimum Gasteiger partial charge on any atom is -0.481 e. The average Bonchev–Trinajstić information content (AvgIpc) is 2.63. The highest BCUT2D eigenvalue weighted by molar-refractivity contribution is 5.79. The van der Waals surface area contributed by atoms with Crippen LogP contribution in [0.3, 0.4) is 0 Å². The van der Waals surface area contributed by atoms with E-state index in [-0.39, 0.29) is 18.9 Å². The molecular formula is C20H25N3O5. The number of nitrogens with zero attached hydrogens (tertiary/aromatic N) is 1. The van der Waals surface area contributed by atoms with E-state index in [0.29, 0.717) is 23.7 Å².